The van der Waals surface area contributed by atoms with E-state index in [0.717, 1.165) is 11.3 Å². The van der Waals surface area contributed by atoms with Crippen LogP contribution < -0.4 is 0 Å². The summed E-state index contributed by atoms with van der Waals surface area (Å²) in [5.74, 6) is 0.847. The Hall–Kier alpha value is -2.49. The van der Waals surface area contributed by atoms with E-state index in [4.69, 9.17) is 9.15 Å². The molecule has 21 heavy (non-hydrogen) atoms. The second-order valence-electron chi connectivity index (χ2n) is 4.60. The third-order valence-corrected chi connectivity index (χ3v) is 3.02. The maximum atomic E-state index is 12.1. The van der Waals surface area contributed by atoms with E-state index in [0.29, 0.717) is 19.5 Å². The van der Waals surface area contributed by atoms with E-state index in [-0.39, 0.29) is 12.7 Å². The summed E-state index contributed by atoms with van der Waals surface area (Å²) in [5, 5.41) is 0. The summed E-state index contributed by atoms with van der Waals surface area (Å²) in [4.78, 5) is 13.7. The molecule has 0 atom stereocenters. The summed E-state index contributed by atoms with van der Waals surface area (Å²) in [7, 11) is 0. The molecule has 0 aliphatic rings. The van der Waals surface area contributed by atoms with Crippen LogP contribution in [0.15, 0.2) is 65.8 Å². The van der Waals surface area contributed by atoms with Crippen molar-refractivity contribution in [2.45, 2.75) is 13.0 Å². The first-order chi connectivity index (χ1) is 10.3. The van der Waals surface area contributed by atoms with Crippen molar-refractivity contribution in [3.63, 3.8) is 0 Å². The van der Waals surface area contributed by atoms with Crippen molar-refractivity contribution >= 4 is 6.09 Å². The zero-order chi connectivity index (χ0) is 14.9. The zero-order valence-corrected chi connectivity index (χ0v) is 11.9. The van der Waals surface area contributed by atoms with E-state index in [1.807, 2.05) is 42.5 Å². The lowest BCUT2D eigenvalue weighted by atomic mass is 10.2. The molecular weight excluding hydrogens is 266 g/mol. The van der Waals surface area contributed by atoms with E-state index in [9.17, 15) is 4.79 Å². The van der Waals surface area contributed by atoms with Gasteiger partial charge in [0, 0.05) is 19.5 Å². The van der Waals surface area contributed by atoms with E-state index in [1.54, 1.807) is 17.2 Å². The molecule has 110 valence electrons. The van der Waals surface area contributed by atoms with Crippen molar-refractivity contribution in [3.8, 4) is 0 Å². The van der Waals surface area contributed by atoms with Crippen LogP contribution in [0.4, 0.5) is 4.79 Å². The highest BCUT2D eigenvalue weighted by atomic mass is 16.6. The average Bonchev–Trinajstić information content (AvgIpc) is 3.03. The van der Waals surface area contributed by atoms with Crippen LogP contribution in [0.25, 0.3) is 0 Å². The fourth-order valence-electron chi connectivity index (χ4n) is 1.92. The van der Waals surface area contributed by atoms with Crippen molar-refractivity contribution in [2.75, 3.05) is 13.1 Å². The van der Waals surface area contributed by atoms with Gasteiger partial charge in [0.2, 0.25) is 0 Å². The molecule has 0 N–H and O–H groups in total. The predicted molar refractivity (Wildman–Crippen MR) is 80.8 cm³/mol. The molecule has 1 aromatic carbocycles. The minimum Gasteiger partial charge on any atom is -0.469 e. The van der Waals surface area contributed by atoms with E-state index in [2.05, 4.69) is 6.58 Å². The van der Waals surface area contributed by atoms with Crippen molar-refractivity contribution in [2.24, 2.45) is 0 Å². The molecule has 0 bridgehead atoms. The van der Waals surface area contributed by atoms with Gasteiger partial charge in [-0.05, 0) is 17.7 Å². The van der Waals surface area contributed by atoms with E-state index >= 15 is 0 Å². The van der Waals surface area contributed by atoms with Gasteiger partial charge in [0.05, 0.1) is 6.26 Å². The number of carbonyl (C=O) groups excluding carboxylic acids is 1. The Labute approximate surface area is 124 Å². The number of hydrogen-bond acceptors (Lipinski definition) is 3. The van der Waals surface area contributed by atoms with Crippen LogP contribution in [0.1, 0.15) is 11.3 Å². The summed E-state index contributed by atoms with van der Waals surface area (Å²) < 4.78 is 10.6. The van der Waals surface area contributed by atoms with Gasteiger partial charge in [-0.3, -0.25) is 0 Å². The lowest BCUT2D eigenvalue weighted by Crippen LogP contribution is -2.33. The molecule has 4 heteroatoms. The van der Waals surface area contributed by atoms with Crippen LogP contribution in [-0.4, -0.2) is 24.1 Å². The normalized spacial score (nSPS) is 10.1. The predicted octanol–water partition coefficient (Wildman–Crippen LogP) is 3.65. The number of benzene rings is 1. The van der Waals surface area contributed by atoms with Crippen molar-refractivity contribution < 1.29 is 13.9 Å². The summed E-state index contributed by atoms with van der Waals surface area (Å²) in [6, 6.07) is 13.3. The summed E-state index contributed by atoms with van der Waals surface area (Å²) in [5.41, 5.74) is 0.968. The summed E-state index contributed by atoms with van der Waals surface area (Å²) in [6.07, 6.45) is 3.62. The third kappa shape index (κ3) is 4.84. The van der Waals surface area contributed by atoms with Crippen molar-refractivity contribution in [1.29, 1.82) is 0 Å². The lowest BCUT2D eigenvalue weighted by molar-refractivity contribution is 0.1000. The minimum atomic E-state index is -0.342. The van der Waals surface area contributed by atoms with Gasteiger partial charge in [-0.1, -0.05) is 36.4 Å². The molecule has 2 aromatic rings. The molecule has 0 aliphatic carbocycles. The molecule has 0 spiro atoms. The number of nitrogens with zero attached hydrogens (tertiary/aromatic N) is 1. The van der Waals surface area contributed by atoms with Crippen LogP contribution in [0, 0.1) is 0 Å². The second-order valence-corrected chi connectivity index (χ2v) is 4.60. The number of ether oxygens (including phenoxy) is 1. The Balaban J connectivity index is 1.84. The zero-order valence-electron chi connectivity index (χ0n) is 11.9. The van der Waals surface area contributed by atoms with Crippen LogP contribution >= 0.6 is 0 Å². The van der Waals surface area contributed by atoms with Gasteiger partial charge in [-0.2, -0.15) is 0 Å². The van der Waals surface area contributed by atoms with Gasteiger partial charge in [0.1, 0.15) is 12.4 Å². The maximum Gasteiger partial charge on any atom is 0.410 e. The largest absolute Gasteiger partial charge is 0.469 e. The Morgan fingerprint density at radius 1 is 1.24 bits per heavy atom. The molecule has 0 radical (unpaired) electrons. The molecule has 0 aliphatic heterocycles. The Bertz CT molecular complexity index is 549. The Kier molecular flexibility index (Phi) is 5.64. The average molecular weight is 285 g/mol. The number of amides is 1. The molecule has 0 saturated carbocycles. The van der Waals surface area contributed by atoms with Gasteiger partial charge in [0.25, 0.3) is 0 Å². The van der Waals surface area contributed by atoms with Crippen molar-refractivity contribution in [3.05, 3.63) is 72.7 Å². The minimum absolute atomic E-state index is 0.272. The monoisotopic (exact) mass is 285 g/mol. The molecule has 0 fully saturated rings. The highest BCUT2D eigenvalue weighted by Crippen LogP contribution is 2.06. The Morgan fingerprint density at radius 2 is 2.05 bits per heavy atom. The number of hydrogen-bond donors (Lipinski definition) is 0. The van der Waals surface area contributed by atoms with E-state index in [1.165, 1.54) is 0 Å². The lowest BCUT2D eigenvalue weighted by Gasteiger charge is -2.20. The quantitative estimate of drug-likeness (QED) is 0.729. The highest BCUT2D eigenvalue weighted by molar-refractivity contribution is 5.67. The summed E-state index contributed by atoms with van der Waals surface area (Å²) >= 11 is 0. The number of carbonyl (C=O) groups is 1. The molecule has 1 amide bonds. The first-order valence-corrected chi connectivity index (χ1v) is 6.88. The molecule has 2 rings (SSSR count). The molecular formula is C17H19NO3. The Morgan fingerprint density at radius 3 is 2.71 bits per heavy atom. The molecule has 0 unspecified atom stereocenters. The number of furan rings is 1. The van der Waals surface area contributed by atoms with Gasteiger partial charge >= 0.3 is 6.09 Å². The molecule has 4 nitrogen and oxygen atoms in total. The molecule has 1 heterocycles. The van der Waals surface area contributed by atoms with Crippen molar-refractivity contribution in [1.82, 2.24) is 4.90 Å². The second kappa shape index (κ2) is 7.94. The smallest absolute Gasteiger partial charge is 0.410 e. The molecule has 1 aromatic heterocycles. The fraction of sp³-hybridized carbons (Fsp3) is 0.235. The maximum absolute atomic E-state index is 12.1. The van der Waals surface area contributed by atoms with Crippen LogP contribution in [0.5, 0.6) is 0 Å². The van der Waals surface area contributed by atoms with Crippen LogP contribution in [0.2, 0.25) is 0 Å². The van der Waals surface area contributed by atoms with Crippen LogP contribution in [0.3, 0.4) is 0 Å². The van der Waals surface area contributed by atoms with Gasteiger partial charge in [-0.25, -0.2) is 4.79 Å². The van der Waals surface area contributed by atoms with Gasteiger partial charge in [-0.15, -0.1) is 6.58 Å². The first-order valence-electron chi connectivity index (χ1n) is 6.88. The topological polar surface area (TPSA) is 42.7 Å². The number of rotatable bonds is 7. The van der Waals surface area contributed by atoms with E-state index < -0.39 is 0 Å². The SMILES string of the molecule is C=CCN(CCc1ccco1)C(=O)OCc1ccccc1. The highest BCUT2D eigenvalue weighted by Gasteiger charge is 2.14. The molecule has 0 saturated heterocycles. The standard InChI is InChI=1S/C17H19NO3/c1-2-11-18(12-10-16-9-6-13-20-16)17(19)21-14-15-7-4-3-5-8-15/h2-9,13H,1,10-12,14H2. The van der Waals surface area contributed by atoms with Gasteiger partial charge < -0.3 is 14.1 Å². The van der Waals surface area contributed by atoms with Crippen LogP contribution in [-0.2, 0) is 17.8 Å². The fourth-order valence-corrected chi connectivity index (χ4v) is 1.92. The third-order valence-electron chi connectivity index (χ3n) is 3.02. The van der Waals surface area contributed by atoms with Gasteiger partial charge in [0.15, 0.2) is 0 Å². The summed E-state index contributed by atoms with van der Waals surface area (Å²) in [6.45, 7) is 4.93. The first kappa shape index (κ1) is 14.9.